The van der Waals surface area contributed by atoms with Crippen molar-refractivity contribution in [2.75, 3.05) is 7.11 Å². The molecule has 5 heteroatoms. The van der Waals surface area contributed by atoms with Gasteiger partial charge in [0.25, 0.3) is 0 Å². The molecule has 0 unspecified atom stereocenters. The van der Waals surface area contributed by atoms with Crippen LogP contribution in [-0.2, 0) is 0 Å². The second kappa shape index (κ2) is 5.59. The lowest BCUT2D eigenvalue weighted by Crippen LogP contribution is -1.91. The first-order chi connectivity index (χ1) is 9.13. The van der Waals surface area contributed by atoms with Crippen molar-refractivity contribution < 1.29 is 13.9 Å². The molecule has 0 amide bonds. The van der Waals surface area contributed by atoms with E-state index >= 15 is 0 Å². The van der Waals surface area contributed by atoms with Gasteiger partial charge in [-0.2, -0.15) is 5.26 Å². The largest absolute Gasteiger partial charge is 0.497 e. The standard InChI is InChI=1S/C14H9ClFNO2/c1-18-11-4-2-9(8-17)14(7-11)19-13-5-3-10(16)6-12(13)15/h2-7H,1H3. The fourth-order valence-corrected chi connectivity index (χ4v) is 1.69. The van der Waals surface area contributed by atoms with Gasteiger partial charge in [-0.3, -0.25) is 0 Å². The molecule has 96 valence electrons. The maximum absolute atomic E-state index is 12.9. The van der Waals surface area contributed by atoms with Crippen LogP contribution in [-0.4, -0.2) is 7.11 Å². The number of nitrogens with zero attached hydrogens (tertiary/aromatic N) is 1. The molecule has 0 saturated carbocycles. The molecule has 2 rings (SSSR count). The number of ether oxygens (including phenoxy) is 2. The summed E-state index contributed by atoms with van der Waals surface area (Å²) in [5.41, 5.74) is 0.334. The van der Waals surface area contributed by atoms with E-state index in [1.54, 1.807) is 18.2 Å². The molecule has 0 aliphatic rings. The molecule has 0 atom stereocenters. The molecule has 0 saturated heterocycles. The summed E-state index contributed by atoms with van der Waals surface area (Å²) in [4.78, 5) is 0. The summed E-state index contributed by atoms with van der Waals surface area (Å²) in [5, 5.41) is 9.14. The van der Waals surface area contributed by atoms with Gasteiger partial charge in [0.15, 0.2) is 0 Å². The van der Waals surface area contributed by atoms with Gasteiger partial charge in [0.05, 0.1) is 17.7 Å². The van der Waals surface area contributed by atoms with Crippen LogP contribution in [0.25, 0.3) is 0 Å². The molecule has 0 heterocycles. The molecule has 0 fully saturated rings. The Morgan fingerprint density at radius 2 is 1.95 bits per heavy atom. The van der Waals surface area contributed by atoms with Crippen molar-refractivity contribution in [3.05, 3.63) is 52.8 Å². The van der Waals surface area contributed by atoms with E-state index in [0.717, 1.165) is 6.07 Å². The second-order valence-electron chi connectivity index (χ2n) is 3.65. The highest BCUT2D eigenvalue weighted by molar-refractivity contribution is 6.32. The number of benzene rings is 2. The van der Waals surface area contributed by atoms with Gasteiger partial charge in [-0.15, -0.1) is 0 Å². The molecular formula is C14H9ClFNO2. The number of hydrogen-bond donors (Lipinski definition) is 0. The topological polar surface area (TPSA) is 42.2 Å². The van der Waals surface area contributed by atoms with Crippen LogP contribution in [0.15, 0.2) is 36.4 Å². The van der Waals surface area contributed by atoms with Crippen LogP contribution in [0.3, 0.4) is 0 Å². The summed E-state index contributed by atoms with van der Waals surface area (Å²) in [6, 6.07) is 10.6. The molecule has 0 aromatic heterocycles. The third kappa shape index (κ3) is 2.95. The Labute approximate surface area is 114 Å². The van der Waals surface area contributed by atoms with Crippen molar-refractivity contribution in [1.29, 1.82) is 5.26 Å². The number of halogens is 2. The molecule has 2 aromatic rings. The van der Waals surface area contributed by atoms with Crippen molar-refractivity contribution in [2.24, 2.45) is 0 Å². The Balaban J connectivity index is 2.39. The number of hydrogen-bond acceptors (Lipinski definition) is 3. The van der Waals surface area contributed by atoms with Crippen LogP contribution in [0.5, 0.6) is 17.2 Å². The first-order valence-electron chi connectivity index (χ1n) is 5.35. The summed E-state index contributed by atoms with van der Waals surface area (Å²) in [6.45, 7) is 0. The minimum atomic E-state index is -0.455. The Bertz CT molecular complexity index is 652. The van der Waals surface area contributed by atoms with Crippen LogP contribution in [0.2, 0.25) is 5.02 Å². The summed E-state index contributed by atoms with van der Waals surface area (Å²) in [7, 11) is 1.51. The zero-order chi connectivity index (χ0) is 13.8. The maximum Gasteiger partial charge on any atom is 0.148 e. The monoisotopic (exact) mass is 277 g/mol. The van der Waals surface area contributed by atoms with Gasteiger partial charge >= 0.3 is 0 Å². The van der Waals surface area contributed by atoms with Crippen molar-refractivity contribution in [1.82, 2.24) is 0 Å². The van der Waals surface area contributed by atoms with E-state index in [4.69, 9.17) is 26.3 Å². The van der Waals surface area contributed by atoms with E-state index in [2.05, 4.69) is 0 Å². The molecule has 0 N–H and O–H groups in total. The van der Waals surface area contributed by atoms with E-state index in [1.165, 1.54) is 19.2 Å². The highest BCUT2D eigenvalue weighted by Gasteiger charge is 2.09. The first-order valence-corrected chi connectivity index (χ1v) is 5.73. The average molecular weight is 278 g/mol. The van der Waals surface area contributed by atoms with Gasteiger partial charge in [-0.25, -0.2) is 4.39 Å². The normalized spacial score (nSPS) is 9.79. The van der Waals surface area contributed by atoms with Crippen LogP contribution >= 0.6 is 11.6 Å². The van der Waals surface area contributed by atoms with E-state index in [9.17, 15) is 4.39 Å². The SMILES string of the molecule is COc1ccc(C#N)c(Oc2ccc(F)cc2Cl)c1. The van der Waals surface area contributed by atoms with E-state index in [0.29, 0.717) is 17.1 Å². The van der Waals surface area contributed by atoms with Gasteiger partial charge in [0.1, 0.15) is 29.1 Å². The van der Waals surface area contributed by atoms with Gasteiger partial charge in [0, 0.05) is 6.07 Å². The lowest BCUT2D eigenvalue weighted by molar-refractivity contribution is 0.408. The van der Waals surface area contributed by atoms with E-state index in [-0.39, 0.29) is 10.8 Å². The van der Waals surface area contributed by atoms with Crippen molar-refractivity contribution in [2.45, 2.75) is 0 Å². The minimum absolute atomic E-state index is 0.131. The molecule has 0 bridgehead atoms. The third-order valence-electron chi connectivity index (χ3n) is 2.42. The maximum atomic E-state index is 12.9. The van der Waals surface area contributed by atoms with Crippen molar-refractivity contribution in [3.8, 4) is 23.3 Å². The Kier molecular flexibility index (Phi) is 3.88. The fourth-order valence-electron chi connectivity index (χ4n) is 1.48. The second-order valence-corrected chi connectivity index (χ2v) is 4.06. The molecule has 3 nitrogen and oxygen atoms in total. The summed E-state index contributed by atoms with van der Waals surface area (Å²) in [5.74, 6) is 0.666. The van der Waals surface area contributed by atoms with Crippen LogP contribution < -0.4 is 9.47 Å². The quantitative estimate of drug-likeness (QED) is 0.846. The van der Waals surface area contributed by atoms with Gasteiger partial charge < -0.3 is 9.47 Å². The van der Waals surface area contributed by atoms with Crippen molar-refractivity contribution >= 4 is 11.6 Å². The number of nitriles is 1. The van der Waals surface area contributed by atoms with Crippen molar-refractivity contribution in [3.63, 3.8) is 0 Å². The van der Waals surface area contributed by atoms with Gasteiger partial charge in [-0.1, -0.05) is 11.6 Å². The molecule has 0 aliphatic heterocycles. The lowest BCUT2D eigenvalue weighted by Gasteiger charge is -2.10. The molecule has 0 radical (unpaired) electrons. The summed E-state index contributed by atoms with van der Waals surface area (Å²) < 4.78 is 23.5. The van der Waals surface area contributed by atoms with Crippen LogP contribution in [0.4, 0.5) is 4.39 Å². The van der Waals surface area contributed by atoms with Crippen LogP contribution in [0.1, 0.15) is 5.56 Å². The summed E-state index contributed by atoms with van der Waals surface area (Å²) >= 11 is 5.87. The minimum Gasteiger partial charge on any atom is -0.497 e. The highest BCUT2D eigenvalue weighted by Crippen LogP contribution is 2.33. The zero-order valence-electron chi connectivity index (χ0n) is 9.98. The zero-order valence-corrected chi connectivity index (χ0v) is 10.7. The fraction of sp³-hybridized carbons (Fsp3) is 0.0714. The predicted octanol–water partition coefficient (Wildman–Crippen LogP) is 4.15. The Morgan fingerprint density at radius 1 is 1.16 bits per heavy atom. The molecular weight excluding hydrogens is 269 g/mol. The number of methoxy groups -OCH3 is 1. The van der Waals surface area contributed by atoms with E-state index < -0.39 is 5.82 Å². The predicted molar refractivity (Wildman–Crippen MR) is 69.2 cm³/mol. The smallest absolute Gasteiger partial charge is 0.148 e. The van der Waals surface area contributed by atoms with Gasteiger partial charge in [0.2, 0.25) is 0 Å². The molecule has 0 spiro atoms. The van der Waals surface area contributed by atoms with E-state index in [1.807, 2.05) is 6.07 Å². The summed E-state index contributed by atoms with van der Waals surface area (Å²) in [6.07, 6.45) is 0. The third-order valence-corrected chi connectivity index (χ3v) is 2.72. The Hall–Kier alpha value is -2.25. The molecule has 19 heavy (non-hydrogen) atoms. The first kappa shape index (κ1) is 13.2. The lowest BCUT2D eigenvalue weighted by atomic mass is 10.2. The Morgan fingerprint density at radius 3 is 2.58 bits per heavy atom. The average Bonchev–Trinajstić information content (AvgIpc) is 2.41. The molecule has 2 aromatic carbocycles. The van der Waals surface area contributed by atoms with Crippen LogP contribution in [0, 0.1) is 17.1 Å². The molecule has 0 aliphatic carbocycles. The highest BCUT2D eigenvalue weighted by atomic mass is 35.5. The number of rotatable bonds is 3. The van der Waals surface area contributed by atoms with Gasteiger partial charge in [-0.05, 0) is 30.3 Å².